The Kier molecular flexibility index (Phi) is 5.09. The molecule has 0 bridgehead atoms. The van der Waals surface area contributed by atoms with E-state index in [0.717, 1.165) is 19.5 Å². The van der Waals surface area contributed by atoms with E-state index < -0.39 is 0 Å². The lowest BCUT2D eigenvalue weighted by Crippen LogP contribution is -2.52. The summed E-state index contributed by atoms with van der Waals surface area (Å²) in [7, 11) is 1.48. The predicted molar refractivity (Wildman–Crippen MR) is 76.2 cm³/mol. The van der Waals surface area contributed by atoms with Crippen molar-refractivity contribution < 1.29 is 13.9 Å². The molecule has 2 atom stereocenters. The van der Waals surface area contributed by atoms with Crippen LogP contribution in [0.5, 0.6) is 0 Å². The summed E-state index contributed by atoms with van der Waals surface area (Å²) < 4.78 is 19.0. The zero-order valence-electron chi connectivity index (χ0n) is 11.9. The average molecular weight is 280 g/mol. The molecular weight excluding hydrogens is 259 g/mol. The molecule has 0 spiro atoms. The molecule has 0 saturated carbocycles. The van der Waals surface area contributed by atoms with Gasteiger partial charge in [-0.15, -0.1) is 0 Å². The van der Waals surface area contributed by atoms with Gasteiger partial charge >= 0.3 is 0 Å². The first-order chi connectivity index (χ1) is 9.65. The number of anilines is 1. The van der Waals surface area contributed by atoms with Crippen LogP contribution in [0.15, 0.2) is 24.3 Å². The number of carbonyl (C=O) groups is 1. The maximum atomic E-state index is 14.1. The number of amides is 1. The minimum atomic E-state index is -0.373. The highest BCUT2D eigenvalue weighted by molar-refractivity contribution is 5.95. The molecule has 110 valence electrons. The summed E-state index contributed by atoms with van der Waals surface area (Å²) in [5.74, 6) is -0.303. The highest BCUT2D eigenvalue weighted by Gasteiger charge is 2.32. The van der Waals surface area contributed by atoms with Gasteiger partial charge < -0.3 is 15.0 Å². The van der Waals surface area contributed by atoms with E-state index in [2.05, 4.69) is 12.2 Å². The molecule has 1 fully saturated rings. The number of hydrogen-bond donors (Lipinski definition) is 1. The van der Waals surface area contributed by atoms with E-state index in [1.54, 1.807) is 23.1 Å². The Hall–Kier alpha value is -1.46. The molecule has 20 heavy (non-hydrogen) atoms. The number of carbonyl (C=O) groups excluding carboxylic acids is 1. The second-order valence-corrected chi connectivity index (χ2v) is 5.19. The lowest BCUT2D eigenvalue weighted by Gasteiger charge is -2.39. The van der Waals surface area contributed by atoms with Crippen LogP contribution in [-0.2, 0) is 9.53 Å². The SMILES string of the molecule is COCC(=O)N(c1ccccc1F)C1CCNCC1C. The van der Waals surface area contributed by atoms with Crippen LogP contribution in [0.4, 0.5) is 10.1 Å². The molecule has 1 amide bonds. The van der Waals surface area contributed by atoms with Crippen LogP contribution < -0.4 is 10.2 Å². The fourth-order valence-corrected chi connectivity index (χ4v) is 2.72. The number of benzene rings is 1. The number of piperidine rings is 1. The molecule has 1 aromatic rings. The van der Waals surface area contributed by atoms with Gasteiger partial charge in [-0.05, 0) is 37.6 Å². The molecule has 0 radical (unpaired) electrons. The quantitative estimate of drug-likeness (QED) is 0.914. The van der Waals surface area contributed by atoms with Gasteiger partial charge in [0, 0.05) is 13.2 Å². The molecule has 1 aromatic carbocycles. The Bertz CT molecular complexity index is 467. The van der Waals surface area contributed by atoms with E-state index in [1.165, 1.54) is 13.2 Å². The lowest BCUT2D eigenvalue weighted by molar-refractivity contribution is -0.123. The lowest BCUT2D eigenvalue weighted by atomic mass is 9.93. The first kappa shape index (κ1) is 14.9. The molecular formula is C15H21FN2O2. The van der Waals surface area contributed by atoms with Gasteiger partial charge in [-0.3, -0.25) is 4.79 Å². The standard InChI is InChI=1S/C15H21FN2O2/c1-11-9-17-8-7-13(11)18(15(19)10-20-2)14-6-4-3-5-12(14)16/h3-6,11,13,17H,7-10H2,1-2H3. The van der Waals surface area contributed by atoms with Gasteiger partial charge in [-0.2, -0.15) is 0 Å². The van der Waals surface area contributed by atoms with Crippen molar-refractivity contribution in [3.05, 3.63) is 30.1 Å². The van der Waals surface area contributed by atoms with Gasteiger partial charge in [0.05, 0.1) is 5.69 Å². The Morgan fingerprint density at radius 3 is 2.90 bits per heavy atom. The Labute approximate surface area is 118 Å². The van der Waals surface area contributed by atoms with Crippen molar-refractivity contribution in [2.75, 3.05) is 31.7 Å². The van der Waals surface area contributed by atoms with Crippen molar-refractivity contribution in [3.8, 4) is 0 Å². The van der Waals surface area contributed by atoms with Gasteiger partial charge in [0.1, 0.15) is 12.4 Å². The summed E-state index contributed by atoms with van der Waals surface area (Å²) in [5.41, 5.74) is 0.341. The largest absolute Gasteiger partial charge is 0.375 e. The molecule has 2 rings (SSSR count). The second kappa shape index (κ2) is 6.81. The number of hydrogen-bond acceptors (Lipinski definition) is 3. The third-order valence-corrected chi connectivity index (χ3v) is 3.72. The average Bonchev–Trinajstić information content (AvgIpc) is 2.43. The van der Waals surface area contributed by atoms with E-state index in [1.807, 2.05) is 0 Å². The van der Waals surface area contributed by atoms with Crippen molar-refractivity contribution in [2.24, 2.45) is 5.92 Å². The molecule has 1 saturated heterocycles. The van der Waals surface area contributed by atoms with Crippen molar-refractivity contribution in [1.82, 2.24) is 5.32 Å². The number of halogens is 1. The predicted octanol–water partition coefficient (Wildman–Crippen LogP) is 1.80. The Morgan fingerprint density at radius 2 is 2.25 bits per heavy atom. The third kappa shape index (κ3) is 3.16. The van der Waals surface area contributed by atoms with Gasteiger partial charge in [-0.25, -0.2) is 4.39 Å². The number of rotatable bonds is 4. The highest BCUT2D eigenvalue weighted by Crippen LogP contribution is 2.27. The minimum absolute atomic E-state index is 0.00389. The zero-order valence-corrected chi connectivity index (χ0v) is 11.9. The minimum Gasteiger partial charge on any atom is -0.375 e. The van der Waals surface area contributed by atoms with Gasteiger partial charge in [0.15, 0.2) is 0 Å². The van der Waals surface area contributed by atoms with Gasteiger partial charge in [0.2, 0.25) is 0 Å². The van der Waals surface area contributed by atoms with Crippen molar-refractivity contribution in [1.29, 1.82) is 0 Å². The molecule has 1 aliphatic rings. The fraction of sp³-hybridized carbons (Fsp3) is 0.533. The van der Waals surface area contributed by atoms with Crippen LogP contribution >= 0.6 is 0 Å². The van der Waals surface area contributed by atoms with E-state index in [9.17, 15) is 9.18 Å². The van der Waals surface area contributed by atoms with E-state index in [4.69, 9.17) is 4.74 Å². The number of nitrogens with zero attached hydrogens (tertiary/aromatic N) is 1. The normalized spacial score (nSPS) is 22.6. The molecule has 4 nitrogen and oxygen atoms in total. The summed E-state index contributed by atoms with van der Waals surface area (Å²) in [5, 5.41) is 3.29. The fourth-order valence-electron chi connectivity index (χ4n) is 2.72. The summed E-state index contributed by atoms with van der Waals surface area (Å²) in [4.78, 5) is 13.9. The van der Waals surface area contributed by atoms with Crippen LogP contribution in [0, 0.1) is 11.7 Å². The number of para-hydroxylation sites is 1. The third-order valence-electron chi connectivity index (χ3n) is 3.72. The zero-order chi connectivity index (χ0) is 14.5. The summed E-state index contributed by atoms with van der Waals surface area (Å²) >= 11 is 0. The Morgan fingerprint density at radius 1 is 1.50 bits per heavy atom. The monoisotopic (exact) mass is 280 g/mol. The maximum Gasteiger partial charge on any atom is 0.253 e. The smallest absolute Gasteiger partial charge is 0.253 e. The summed E-state index contributed by atoms with van der Waals surface area (Å²) in [6.45, 7) is 3.70. The van der Waals surface area contributed by atoms with E-state index in [-0.39, 0.29) is 30.3 Å². The van der Waals surface area contributed by atoms with Crippen molar-refractivity contribution in [3.63, 3.8) is 0 Å². The summed E-state index contributed by atoms with van der Waals surface area (Å²) in [6.07, 6.45) is 0.810. The molecule has 0 aliphatic carbocycles. The molecule has 1 aliphatic heterocycles. The van der Waals surface area contributed by atoms with Crippen LogP contribution in [0.2, 0.25) is 0 Å². The Balaban J connectivity index is 2.34. The van der Waals surface area contributed by atoms with Crippen LogP contribution in [0.25, 0.3) is 0 Å². The number of methoxy groups -OCH3 is 1. The van der Waals surface area contributed by atoms with Crippen LogP contribution in [0.3, 0.4) is 0 Å². The molecule has 1 heterocycles. The van der Waals surface area contributed by atoms with E-state index in [0.29, 0.717) is 5.69 Å². The second-order valence-electron chi connectivity index (χ2n) is 5.19. The van der Waals surface area contributed by atoms with Crippen molar-refractivity contribution in [2.45, 2.75) is 19.4 Å². The first-order valence-corrected chi connectivity index (χ1v) is 6.91. The van der Waals surface area contributed by atoms with E-state index >= 15 is 0 Å². The molecule has 5 heteroatoms. The summed E-state index contributed by atoms with van der Waals surface area (Å²) in [6, 6.07) is 6.41. The maximum absolute atomic E-state index is 14.1. The molecule has 1 N–H and O–H groups in total. The van der Waals surface area contributed by atoms with Crippen LogP contribution in [0.1, 0.15) is 13.3 Å². The van der Waals surface area contributed by atoms with Gasteiger partial charge in [0.25, 0.3) is 5.91 Å². The number of nitrogens with one attached hydrogen (secondary N) is 1. The first-order valence-electron chi connectivity index (χ1n) is 6.91. The van der Waals surface area contributed by atoms with Crippen molar-refractivity contribution >= 4 is 11.6 Å². The van der Waals surface area contributed by atoms with Gasteiger partial charge in [-0.1, -0.05) is 19.1 Å². The van der Waals surface area contributed by atoms with Crippen LogP contribution in [-0.4, -0.2) is 38.8 Å². The number of ether oxygens (including phenoxy) is 1. The molecule has 2 unspecified atom stereocenters. The highest BCUT2D eigenvalue weighted by atomic mass is 19.1. The topological polar surface area (TPSA) is 41.6 Å². The molecule has 0 aromatic heterocycles.